The molecule has 0 spiro atoms. The molecule has 5 nitrogen and oxygen atoms in total. The molecule has 1 aliphatic heterocycles. The maximum absolute atomic E-state index is 4.32. The lowest BCUT2D eigenvalue weighted by Crippen LogP contribution is -2.50. The van der Waals surface area contributed by atoms with E-state index in [2.05, 4.69) is 53.4 Å². The Morgan fingerprint density at radius 2 is 1.90 bits per heavy atom. The van der Waals surface area contributed by atoms with Crippen molar-refractivity contribution in [1.82, 2.24) is 20.4 Å². The number of likely N-dealkylation sites (tertiary alicyclic amines) is 1. The smallest absolute Gasteiger partial charge is 0.191 e. The summed E-state index contributed by atoms with van der Waals surface area (Å²) in [5.74, 6) is 0.951. The van der Waals surface area contributed by atoms with Crippen molar-refractivity contribution >= 4 is 29.9 Å². The highest BCUT2D eigenvalue weighted by Crippen LogP contribution is 2.12. The number of halogens is 1. The van der Waals surface area contributed by atoms with Gasteiger partial charge in [0.1, 0.15) is 0 Å². The summed E-state index contributed by atoms with van der Waals surface area (Å²) >= 11 is 0. The van der Waals surface area contributed by atoms with Crippen molar-refractivity contribution in [2.45, 2.75) is 45.2 Å². The monoisotopic (exact) mass is 411 g/mol. The normalized spacial score (nSPS) is 18.0. The van der Waals surface area contributed by atoms with E-state index in [1.807, 2.05) is 7.05 Å². The van der Waals surface area contributed by atoms with E-state index in [-0.39, 0.29) is 24.0 Å². The van der Waals surface area contributed by atoms with Crippen LogP contribution < -0.4 is 10.6 Å². The predicted octanol–water partition coefficient (Wildman–Crippen LogP) is 1.59. The third-order valence-corrected chi connectivity index (χ3v) is 3.90. The zero-order valence-corrected chi connectivity index (χ0v) is 16.7. The molecule has 0 radical (unpaired) electrons. The fourth-order valence-corrected chi connectivity index (χ4v) is 2.55. The summed E-state index contributed by atoms with van der Waals surface area (Å²) in [6.45, 7) is 9.01. The predicted molar refractivity (Wildman–Crippen MR) is 103 cm³/mol. The summed E-state index contributed by atoms with van der Waals surface area (Å²) in [4.78, 5) is 9.08. The standard InChI is InChI=1S/C15H33N5.HI/c1-13(2)20-11-7-14(8-12-20)18-15(16-3)17-9-6-10-19(4)5;/h13-14H,6-12H2,1-5H3,(H2,16,17,18);1H. The SMILES string of the molecule is CN=C(NCCCN(C)C)NC1CCN(C(C)C)CC1.I. The van der Waals surface area contributed by atoms with Gasteiger partial charge in [-0.05, 0) is 53.8 Å². The van der Waals surface area contributed by atoms with Crippen LogP contribution in [0.15, 0.2) is 4.99 Å². The topological polar surface area (TPSA) is 42.9 Å². The van der Waals surface area contributed by atoms with Crippen molar-refractivity contribution in [3.8, 4) is 0 Å². The van der Waals surface area contributed by atoms with Crippen molar-refractivity contribution in [3.63, 3.8) is 0 Å². The Morgan fingerprint density at radius 3 is 2.38 bits per heavy atom. The van der Waals surface area contributed by atoms with Crippen LogP contribution in [-0.2, 0) is 0 Å². The van der Waals surface area contributed by atoms with Gasteiger partial charge in [-0.1, -0.05) is 0 Å². The molecule has 1 fully saturated rings. The summed E-state index contributed by atoms with van der Waals surface area (Å²) in [6, 6.07) is 1.23. The second-order valence-corrected chi connectivity index (χ2v) is 6.20. The second kappa shape index (κ2) is 11.5. The Labute approximate surface area is 148 Å². The van der Waals surface area contributed by atoms with Crippen LogP contribution in [0.3, 0.4) is 0 Å². The van der Waals surface area contributed by atoms with E-state index >= 15 is 0 Å². The van der Waals surface area contributed by atoms with Crippen LogP contribution in [0.4, 0.5) is 0 Å². The molecule has 6 heteroatoms. The molecule has 1 heterocycles. The number of aliphatic imine (C=N–C) groups is 1. The summed E-state index contributed by atoms with van der Waals surface area (Å²) in [7, 11) is 6.07. The Balaban J connectivity index is 0.00000400. The first-order valence-electron chi connectivity index (χ1n) is 7.89. The molecule has 21 heavy (non-hydrogen) atoms. The molecule has 1 saturated heterocycles. The highest BCUT2D eigenvalue weighted by molar-refractivity contribution is 14.0. The van der Waals surface area contributed by atoms with Gasteiger partial charge in [0.2, 0.25) is 0 Å². The number of nitrogens with one attached hydrogen (secondary N) is 2. The van der Waals surface area contributed by atoms with Gasteiger partial charge < -0.3 is 20.4 Å². The van der Waals surface area contributed by atoms with Crippen molar-refractivity contribution in [3.05, 3.63) is 0 Å². The van der Waals surface area contributed by atoms with Crippen LogP contribution in [0.25, 0.3) is 0 Å². The van der Waals surface area contributed by atoms with Gasteiger partial charge >= 0.3 is 0 Å². The highest BCUT2D eigenvalue weighted by Gasteiger charge is 2.21. The molecule has 0 atom stereocenters. The van der Waals surface area contributed by atoms with E-state index < -0.39 is 0 Å². The molecule has 1 rings (SSSR count). The first-order valence-corrected chi connectivity index (χ1v) is 7.89. The fourth-order valence-electron chi connectivity index (χ4n) is 2.55. The lowest BCUT2D eigenvalue weighted by molar-refractivity contribution is 0.167. The Kier molecular flexibility index (Phi) is 11.4. The maximum atomic E-state index is 4.32. The van der Waals surface area contributed by atoms with Crippen LogP contribution in [0.1, 0.15) is 33.1 Å². The van der Waals surface area contributed by atoms with E-state index in [1.54, 1.807) is 0 Å². The van der Waals surface area contributed by atoms with Crippen molar-refractivity contribution in [2.24, 2.45) is 4.99 Å². The van der Waals surface area contributed by atoms with Crippen LogP contribution in [-0.4, -0.2) is 75.2 Å². The molecule has 2 N–H and O–H groups in total. The summed E-state index contributed by atoms with van der Waals surface area (Å²) in [6.07, 6.45) is 3.55. The van der Waals surface area contributed by atoms with Crippen LogP contribution >= 0.6 is 24.0 Å². The van der Waals surface area contributed by atoms with E-state index in [1.165, 1.54) is 25.9 Å². The number of hydrogen-bond donors (Lipinski definition) is 2. The minimum atomic E-state index is 0. The summed E-state index contributed by atoms with van der Waals surface area (Å²) in [5.41, 5.74) is 0. The van der Waals surface area contributed by atoms with Gasteiger partial charge in [0, 0.05) is 38.8 Å². The summed E-state index contributed by atoms with van der Waals surface area (Å²) < 4.78 is 0. The van der Waals surface area contributed by atoms with Gasteiger partial charge in [-0.15, -0.1) is 24.0 Å². The molecule has 1 aliphatic rings. The Hall–Kier alpha value is -0.0800. The lowest BCUT2D eigenvalue weighted by atomic mass is 10.0. The minimum absolute atomic E-state index is 0. The van der Waals surface area contributed by atoms with Crippen LogP contribution in [0.2, 0.25) is 0 Å². The zero-order valence-electron chi connectivity index (χ0n) is 14.4. The first-order chi connectivity index (χ1) is 9.52. The molecule has 0 saturated carbocycles. The van der Waals surface area contributed by atoms with Gasteiger partial charge in [-0.2, -0.15) is 0 Å². The molecule has 0 aromatic carbocycles. The number of hydrogen-bond acceptors (Lipinski definition) is 3. The molecular weight excluding hydrogens is 377 g/mol. The molecule has 126 valence electrons. The second-order valence-electron chi connectivity index (χ2n) is 6.20. The third kappa shape index (κ3) is 8.83. The van der Waals surface area contributed by atoms with E-state index in [9.17, 15) is 0 Å². The number of rotatable bonds is 6. The molecule has 0 unspecified atom stereocenters. The average molecular weight is 411 g/mol. The van der Waals surface area contributed by atoms with Gasteiger partial charge in [-0.3, -0.25) is 4.99 Å². The average Bonchev–Trinajstić information content (AvgIpc) is 2.42. The number of nitrogens with zero attached hydrogens (tertiary/aromatic N) is 3. The Morgan fingerprint density at radius 1 is 1.29 bits per heavy atom. The van der Waals surface area contributed by atoms with E-state index in [0.717, 1.165) is 25.5 Å². The lowest BCUT2D eigenvalue weighted by Gasteiger charge is -2.35. The quantitative estimate of drug-likeness (QED) is 0.302. The van der Waals surface area contributed by atoms with Gasteiger partial charge in [0.05, 0.1) is 0 Å². The maximum Gasteiger partial charge on any atom is 0.191 e. The number of guanidine groups is 1. The minimum Gasteiger partial charge on any atom is -0.356 e. The van der Waals surface area contributed by atoms with Crippen LogP contribution in [0, 0.1) is 0 Å². The molecule has 0 amide bonds. The van der Waals surface area contributed by atoms with Crippen molar-refractivity contribution < 1.29 is 0 Å². The molecule has 0 bridgehead atoms. The largest absolute Gasteiger partial charge is 0.356 e. The fraction of sp³-hybridized carbons (Fsp3) is 0.933. The molecule has 0 aromatic rings. The molecular formula is C15H34IN5. The van der Waals surface area contributed by atoms with Gasteiger partial charge in [0.15, 0.2) is 5.96 Å². The van der Waals surface area contributed by atoms with Crippen molar-refractivity contribution in [2.75, 3.05) is 47.3 Å². The van der Waals surface area contributed by atoms with E-state index in [0.29, 0.717) is 12.1 Å². The molecule has 0 aromatic heterocycles. The van der Waals surface area contributed by atoms with Crippen LogP contribution in [0.5, 0.6) is 0 Å². The zero-order chi connectivity index (χ0) is 15.0. The third-order valence-electron chi connectivity index (χ3n) is 3.90. The first kappa shape index (κ1) is 20.9. The van der Waals surface area contributed by atoms with Crippen molar-refractivity contribution in [1.29, 1.82) is 0 Å². The van der Waals surface area contributed by atoms with Gasteiger partial charge in [0.25, 0.3) is 0 Å². The Bertz CT molecular complexity index is 286. The highest BCUT2D eigenvalue weighted by atomic mass is 127. The van der Waals surface area contributed by atoms with Gasteiger partial charge in [-0.25, -0.2) is 0 Å². The van der Waals surface area contributed by atoms with E-state index in [4.69, 9.17) is 0 Å². The summed E-state index contributed by atoms with van der Waals surface area (Å²) in [5, 5.41) is 6.96. The molecule has 0 aliphatic carbocycles. The number of piperidine rings is 1.